The molecule has 1 heterocycles. The molecule has 0 saturated heterocycles. The van der Waals surface area contributed by atoms with Crippen molar-refractivity contribution in [2.45, 2.75) is 17.8 Å². The molecule has 0 bridgehead atoms. The van der Waals surface area contributed by atoms with Gasteiger partial charge in [0.2, 0.25) is 0 Å². The smallest absolute Gasteiger partial charge is 0.337 e. The van der Waals surface area contributed by atoms with Crippen molar-refractivity contribution in [2.75, 3.05) is 33.2 Å². The second kappa shape index (κ2) is 11.9. The standard InChI is InChI=1S/C22H24ClN3O5S/c1-29-12-11-26-20(15-3-7-17(23)8-4-15)24-25-22(26)32-14-18(27)13-31-19-9-5-16(6-10-19)21(28)30-2/h3-10,18,27H,11-14H2,1-2H3. The number of hydrogen-bond acceptors (Lipinski definition) is 8. The van der Waals surface area contributed by atoms with Gasteiger partial charge >= 0.3 is 5.97 Å². The molecule has 0 saturated carbocycles. The number of ether oxygens (including phenoxy) is 3. The molecule has 170 valence electrons. The van der Waals surface area contributed by atoms with Gasteiger partial charge in [0.15, 0.2) is 11.0 Å². The average molecular weight is 478 g/mol. The van der Waals surface area contributed by atoms with Crippen LogP contribution in [0.25, 0.3) is 11.4 Å². The fourth-order valence-electron chi connectivity index (χ4n) is 2.81. The zero-order chi connectivity index (χ0) is 22.9. The van der Waals surface area contributed by atoms with Gasteiger partial charge in [0.05, 0.1) is 31.9 Å². The van der Waals surface area contributed by atoms with E-state index in [1.807, 2.05) is 16.7 Å². The van der Waals surface area contributed by atoms with Gasteiger partial charge in [0.25, 0.3) is 0 Å². The van der Waals surface area contributed by atoms with Crippen LogP contribution in [0.1, 0.15) is 10.4 Å². The Bertz CT molecular complexity index is 1010. The largest absolute Gasteiger partial charge is 0.491 e. The highest BCUT2D eigenvalue weighted by Crippen LogP contribution is 2.25. The first kappa shape index (κ1) is 24.1. The Labute approximate surface area is 195 Å². The average Bonchev–Trinajstić information content (AvgIpc) is 3.22. The lowest BCUT2D eigenvalue weighted by Gasteiger charge is -2.13. The third-order valence-electron chi connectivity index (χ3n) is 4.46. The summed E-state index contributed by atoms with van der Waals surface area (Å²) >= 11 is 7.37. The predicted molar refractivity (Wildman–Crippen MR) is 122 cm³/mol. The second-order valence-corrected chi connectivity index (χ2v) is 8.17. The summed E-state index contributed by atoms with van der Waals surface area (Å²) in [6.07, 6.45) is -0.730. The molecular weight excluding hydrogens is 454 g/mol. The molecule has 32 heavy (non-hydrogen) atoms. The Morgan fingerprint density at radius 3 is 2.50 bits per heavy atom. The molecule has 1 aromatic heterocycles. The van der Waals surface area contributed by atoms with Crippen LogP contribution in [0.15, 0.2) is 53.7 Å². The molecular formula is C22H24ClN3O5S. The first-order valence-corrected chi connectivity index (χ1v) is 11.2. The van der Waals surface area contributed by atoms with Crippen LogP contribution < -0.4 is 4.74 Å². The molecule has 0 fully saturated rings. The van der Waals surface area contributed by atoms with Crippen molar-refractivity contribution in [3.05, 3.63) is 59.1 Å². The highest BCUT2D eigenvalue weighted by atomic mass is 35.5. The minimum absolute atomic E-state index is 0.0980. The van der Waals surface area contributed by atoms with Gasteiger partial charge in [-0.2, -0.15) is 0 Å². The van der Waals surface area contributed by atoms with Crippen molar-refractivity contribution in [1.82, 2.24) is 14.8 Å². The summed E-state index contributed by atoms with van der Waals surface area (Å²) < 4.78 is 17.5. The molecule has 8 nitrogen and oxygen atoms in total. The van der Waals surface area contributed by atoms with Gasteiger partial charge in [-0.3, -0.25) is 4.57 Å². The number of rotatable bonds is 11. The van der Waals surface area contributed by atoms with Gasteiger partial charge in [-0.25, -0.2) is 4.79 Å². The molecule has 1 unspecified atom stereocenters. The van der Waals surface area contributed by atoms with E-state index >= 15 is 0 Å². The normalized spacial score (nSPS) is 11.9. The Morgan fingerprint density at radius 2 is 1.84 bits per heavy atom. The quantitative estimate of drug-likeness (QED) is 0.331. The Kier molecular flexibility index (Phi) is 8.92. The van der Waals surface area contributed by atoms with Crippen LogP contribution in [0.2, 0.25) is 5.02 Å². The van der Waals surface area contributed by atoms with Crippen LogP contribution in [-0.4, -0.2) is 65.1 Å². The molecule has 0 spiro atoms. The first-order valence-electron chi connectivity index (χ1n) is 9.82. The highest BCUT2D eigenvalue weighted by Gasteiger charge is 2.16. The predicted octanol–water partition coefficient (Wildman–Crippen LogP) is 3.56. The number of methoxy groups -OCH3 is 2. The van der Waals surface area contributed by atoms with E-state index in [1.54, 1.807) is 43.5 Å². The summed E-state index contributed by atoms with van der Waals surface area (Å²) in [4.78, 5) is 11.5. The number of aliphatic hydroxyl groups excluding tert-OH is 1. The maximum Gasteiger partial charge on any atom is 0.337 e. The summed E-state index contributed by atoms with van der Waals surface area (Å²) in [5, 5.41) is 20.3. The van der Waals surface area contributed by atoms with Gasteiger partial charge < -0.3 is 19.3 Å². The first-order chi connectivity index (χ1) is 15.5. The molecule has 0 aliphatic heterocycles. The lowest BCUT2D eigenvalue weighted by atomic mass is 10.2. The van der Waals surface area contributed by atoms with Crippen LogP contribution in [0, 0.1) is 0 Å². The zero-order valence-corrected chi connectivity index (χ0v) is 19.3. The minimum Gasteiger partial charge on any atom is -0.491 e. The topological polar surface area (TPSA) is 95.7 Å². The summed E-state index contributed by atoms with van der Waals surface area (Å²) in [5.74, 6) is 1.21. The number of hydrogen-bond donors (Lipinski definition) is 1. The lowest BCUT2D eigenvalue weighted by Crippen LogP contribution is -2.20. The van der Waals surface area contributed by atoms with Crippen LogP contribution >= 0.6 is 23.4 Å². The van der Waals surface area contributed by atoms with E-state index in [0.29, 0.717) is 46.2 Å². The van der Waals surface area contributed by atoms with E-state index < -0.39 is 12.1 Å². The number of benzene rings is 2. The molecule has 0 radical (unpaired) electrons. The zero-order valence-electron chi connectivity index (χ0n) is 17.7. The number of aromatic nitrogens is 3. The van der Waals surface area contributed by atoms with Crippen LogP contribution in [0.5, 0.6) is 5.75 Å². The minimum atomic E-state index is -0.730. The molecule has 0 amide bonds. The maximum atomic E-state index is 11.5. The number of aliphatic hydroxyl groups is 1. The number of nitrogens with zero attached hydrogens (tertiary/aromatic N) is 3. The van der Waals surface area contributed by atoms with E-state index in [-0.39, 0.29) is 6.61 Å². The van der Waals surface area contributed by atoms with Gasteiger partial charge in [0.1, 0.15) is 12.4 Å². The van der Waals surface area contributed by atoms with Gasteiger partial charge in [-0.15, -0.1) is 10.2 Å². The SMILES string of the molecule is COCCn1c(SCC(O)COc2ccc(C(=O)OC)cc2)nnc1-c1ccc(Cl)cc1. The molecule has 2 aromatic carbocycles. The van der Waals surface area contributed by atoms with Crippen LogP contribution in [0.3, 0.4) is 0 Å². The summed E-state index contributed by atoms with van der Waals surface area (Å²) in [6, 6.07) is 13.9. The number of carbonyl (C=O) groups is 1. The molecule has 1 N–H and O–H groups in total. The van der Waals surface area contributed by atoms with Crippen molar-refractivity contribution in [2.24, 2.45) is 0 Å². The molecule has 10 heteroatoms. The van der Waals surface area contributed by atoms with Crippen molar-refractivity contribution < 1.29 is 24.1 Å². The van der Waals surface area contributed by atoms with Crippen molar-refractivity contribution in [3.8, 4) is 17.1 Å². The molecule has 0 aliphatic carbocycles. The molecule has 1 atom stereocenters. The summed E-state index contributed by atoms with van der Waals surface area (Å²) in [7, 11) is 2.97. The van der Waals surface area contributed by atoms with E-state index in [9.17, 15) is 9.90 Å². The monoisotopic (exact) mass is 477 g/mol. The fraction of sp³-hybridized carbons (Fsp3) is 0.318. The number of esters is 1. The van der Waals surface area contributed by atoms with Crippen molar-refractivity contribution in [1.29, 1.82) is 0 Å². The lowest BCUT2D eigenvalue weighted by molar-refractivity contribution is 0.0600. The Morgan fingerprint density at radius 1 is 1.12 bits per heavy atom. The van der Waals surface area contributed by atoms with Crippen LogP contribution in [-0.2, 0) is 16.0 Å². The summed E-state index contributed by atoms with van der Waals surface area (Å²) in [6.45, 7) is 1.17. The number of thioether (sulfide) groups is 1. The van der Waals surface area contributed by atoms with E-state index in [2.05, 4.69) is 14.9 Å². The van der Waals surface area contributed by atoms with Crippen molar-refractivity contribution >= 4 is 29.3 Å². The Hall–Kier alpha value is -2.59. The number of carbonyl (C=O) groups excluding carboxylic acids is 1. The van der Waals surface area contributed by atoms with E-state index in [0.717, 1.165) is 5.56 Å². The van der Waals surface area contributed by atoms with Gasteiger partial charge in [0, 0.05) is 23.4 Å². The molecule has 0 aliphatic rings. The summed E-state index contributed by atoms with van der Waals surface area (Å²) in [5.41, 5.74) is 1.33. The molecule has 3 rings (SSSR count). The van der Waals surface area contributed by atoms with Crippen LogP contribution in [0.4, 0.5) is 0 Å². The van der Waals surface area contributed by atoms with E-state index in [4.69, 9.17) is 21.1 Å². The maximum absolute atomic E-state index is 11.5. The number of halogens is 1. The van der Waals surface area contributed by atoms with Crippen molar-refractivity contribution in [3.63, 3.8) is 0 Å². The van der Waals surface area contributed by atoms with Gasteiger partial charge in [-0.1, -0.05) is 23.4 Å². The Balaban J connectivity index is 1.59. The fourth-order valence-corrected chi connectivity index (χ4v) is 3.80. The van der Waals surface area contributed by atoms with E-state index in [1.165, 1.54) is 18.9 Å². The highest BCUT2D eigenvalue weighted by molar-refractivity contribution is 7.99. The second-order valence-electron chi connectivity index (χ2n) is 6.75. The van der Waals surface area contributed by atoms with Gasteiger partial charge in [-0.05, 0) is 48.5 Å². The third-order valence-corrected chi connectivity index (χ3v) is 5.82. The molecule has 3 aromatic rings. The third kappa shape index (κ3) is 6.46.